The van der Waals surface area contributed by atoms with E-state index >= 15 is 0 Å². The quantitative estimate of drug-likeness (QED) is 0.811. The summed E-state index contributed by atoms with van der Waals surface area (Å²) >= 11 is 0. The lowest BCUT2D eigenvalue weighted by Crippen LogP contribution is -2.52. The molecule has 144 valence electrons. The average molecular weight is 372 g/mol. The Labute approximate surface area is 158 Å². The van der Waals surface area contributed by atoms with Gasteiger partial charge in [-0.25, -0.2) is 4.39 Å². The van der Waals surface area contributed by atoms with Gasteiger partial charge in [0.15, 0.2) is 0 Å². The van der Waals surface area contributed by atoms with E-state index in [0.29, 0.717) is 25.1 Å². The highest BCUT2D eigenvalue weighted by molar-refractivity contribution is 5.82. The predicted octanol–water partition coefficient (Wildman–Crippen LogP) is 1.35. The fourth-order valence-electron chi connectivity index (χ4n) is 3.77. The summed E-state index contributed by atoms with van der Waals surface area (Å²) in [5.41, 5.74) is 1.75. The summed E-state index contributed by atoms with van der Waals surface area (Å²) in [5.74, 6) is -0.0363. The first-order valence-electron chi connectivity index (χ1n) is 9.53. The molecule has 0 spiro atoms. The number of morpholine rings is 1. The van der Waals surface area contributed by atoms with Gasteiger partial charge >= 0.3 is 0 Å². The molecule has 27 heavy (non-hydrogen) atoms. The highest BCUT2D eigenvalue weighted by Crippen LogP contribution is 2.21. The predicted molar refractivity (Wildman–Crippen MR) is 101 cm³/mol. The maximum absolute atomic E-state index is 14.0. The molecule has 4 rings (SSSR count). The molecule has 0 bridgehead atoms. The van der Waals surface area contributed by atoms with Crippen LogP contribution >= 0.6 is 0 Å². The second-order valence-electron chi connectivity index (χ2n) is 7.15. The number of benzene rings is 1. The molecule has 0 saturated carbocycles. The third-order valence-corrected chi connectivity index (χ3v) is 5.38. The Morgan fingerprint density at radius 2 is 1.81 bits per heavy atom. The van der Waals surface area contributed by atoms with Crippen LogP contribution in [-0.2, 0) is 16.1 Å². The molecule has 2 saturated heterocycles. The van der Waals surface area contributed by atoms with Crippen molar-refractivity contribution >= 4 is 16.8 Å². The highest BCUT2D eigenvalue weighted by atomic mass is 19.1. The van der Waals surface area contributed by atoms with Crippen LogP contribution < -0.4 is 0 Å². The van der Waals surface area contributed by atoms with E-state index in [1.54, 1.807) is 18.3 Å². The van der Waals surface area contributed by atoms with Gasteiger partial charge in [-0.3, -0.25) is 19.6 Å². The van der Waals surface area contributed by atoms with Crippen molar-refractivity contribution in [1.82, 2.24) is 19.7 Å². The van der Waals surface area contributed by atoms with Gasteiger partial charge in [-0.15, -0.1) is 0 Å². The Balaban J connectivity index is 1.33. The molecular formula is C20H25FN4O2. The van der Waals surface area contributed by atoms with E-state index in [1.165, 1.54) is 6.07 Å². The summed E-state index contributed by atoms with van der Waals surface area (Å²) in [6.45, 7) is 7.38. The summed E-state index contributed by atoms with van der Waals surface area (Å²) in [4.78, 5) is 23.3. The van der Waals surface area contributed by atoms with Crippen LogP contribution in [0.4, 0.5) is 4.39 Å². The van der Waals surface area contributed by atoms with Gasteiger partial charge in [-0.2, -0.15) is 0 Å². The first kappa shape index (κ1) is 18.3. The van der Waals surface area contributed by atoms with Crippen molar-refractivity contribution in [2.24, 2.45) is 0 Å². The molecular weight excluding hydrogens is 347 g/mol. The molecule has 2 aliphatic rings. The number of aromatic nitrogens is 1. The zero-order valence-electron chi connectivity index (χ0n) is 15.4. The lowest BCUT2D eigenvalue weighted by molar-refractivity contribution is -0.135. The number of halogens is 1. The van der Waals surface area contributed by atoms with Crippen molar-refractivity contribution in [3.05, 3.63) is 41.8 Å². The summed E-state index contributed by atoms with van der Waals surface area (Å²) < 4.78 is 19.3. The summed E-state index contributed by atoms with van der Waals surface area (Å²) in [6.07, 6.45) is 1.70. The summed E-state index contributed by atoms with van der Waals surface area (Å²) in [7, 11) is 0. The molecule has 0 radical (unpaired) electrons. The molecule has 2 aliphatic heterocycles. The number of fused-ring (bicyclic) bond motifs is 1. The van der Waals surface area contributed by atoms with Crippen LogP contribution in [0.3, 0.4) is 0 Å². The number of nitrogens with zero attached hydrogens (tertiary/aromatic N) is 4. The lowest BCUT2D eigenvalue weighted by atomic mass is 10.1. The zero-order chi connectivity index (χ0) is 18.6. The van der Waals surface area contributed by atoms with Crippen LogP contribution in [0.2, 0.25) is 0 Å². The Kier molecular flexibility index (Phi) is 5.61. The number of carbonyl (C=O) groups is 1. The number of hydrogen-bond acceptors (Lipinski definition) is 5. The van der Waals surface area contributed by atoms with Crippen molar-refractivity contribution in [2.75, 3.05) is 59.0 Å². The van der Waals surface area contributed by atoms with Crippen LogP contribution in [0.15, 0.2) is 30.5 Å². The fraction of sp³-hybridized carbons (Fsp3) is 0.500. The van der Waals surface area contributed by atoms with Crippen LogP contribution in [0.5, 0.6) is 0 Å². The van der Waals surface area contributed by atoms with E-state index in [2.05, 4.69) is 14.8 Å². The van der Waals surface area contributed by atoms with E-state index in [-0.39, 0.29) is 11.7 Å². The monoisotopic (exact) mass is 372 g/mol. The standard InChI is InChI=1S/C20H25FN4O2/c21-18-4-3-16(20-17(18)2-1-5-22-20)14-23-6-8-25(9-7-23)19(26)15-24-10-12-27-13-11-24/h1-5H,6-15H2. The number of ether oxygens (including phenoxy) is 1. The molecule has 7 heteroatoms. The van der Waals surface area contributed by atoms with Gasteiger partial charge < -0.3 is 9.64 Å². The molecule has 0 unspecified atom stereocenters. The fourth-order valence-corrected chi connectivity index (χ4v) is 3.77. The van der Waals surface area contributed by atoms with Gasteiger partial charge in [0.25, 0.3) is 0 Å². The van der Waals surface area contributed by atoms with Crippen LogP contribution in [0.25, 0.3) is 10.9 Å². The number of piperazine rings is 1. The Bertz CT molecular complexity index is 802. The van der Waals surface area contributed by atoms with Crippen molar-refractivity contribution in [1.29, 1.82) is 0 Å². The molecule has 0 atom stereocenters. The van der Waals surface area contributed by atoms with Crippen molar-refractivity contribution in [3.63, 3.8) is 0 Å². The molecule has 1 amide bonds. The second kappa shape index (κ2) is 8.29. The molecule has 2 fully saturated rings. The Hall–Kier alpha value is -2.09. The van der Waals surface area contributed by atoms with Crippen molar-refractivity contribution in [3.8, 4) is 0 Å². The van der Waals surface area contributed by atoms with Gasteiger partial charge in [-0.1, -0.05) is 6.07 Å². The third kappa shape index (κ3) is 4.26. The SMILES string of the molecule is O=C(CN1CCOCC1)N1CCN(Cc2ccc(F)c3cccnc23)CC1. The van der Waals surface area contributed by atoms with Crippen LogP contribution in [0, 0.1) is 5.82 Å². The number of rotatable bonds is 4. The normalized spacial score (nSPS) is 19.5. The lowest BCUT2D eigenvalue weighted by Gasteiger charge is -2.36. The number of pyridine rings is 1. The minimum absolute atomic E-state index is 0.199. The number of hydrogen-bond donors (Lipinski definition) is 0. The maximum Gasteiger partial charge on any atom is 0.236 e. The summed E-state index contributed by atoms with van der Waals surface area (Å²) in [6, 6.07) is 6.86. The van der Waals surface area contributed by atoms with Gasteiger partial charge in [-0.05, 0) is 23.8 Å². The highest BCUT2D eigenvalue weighted by Gasteiger charge is 2.24. The average Bonchev–Trinajstić information content (AvgIpc) is 2.71. The number of carbonyl (C=O) groups excluding carboxylic acids is 1. The maximum atomic E-state index is 14.0. The number of amides is 1. The third-order valence-electron chi connectivity index (χ3n) is 5.38. The smallest absolute Gasteiger partial charge is 0.236 e. The molecule has 1 aromatic carbocycles. The zero-order valence-corrected chi connectivity index (χ0v) is 15.4. The molecule has 0 N–H and O–H groups in total. The van der Waals surface area contributed by atoms with E-state index in [1.807, 2.05) is 11.0 Å². The molecule has 3 heterocycles. The molecule has 2 aromatic rings. The summed E-state index contributed by atoms with van der Waals surface area (Å²) in [5, 5.41) is 0.564. The van der Waals surface area contributed by atoms with E-state index < -0.39 is 0 Å². The van der Waals surface area contributed by atoms with Gasteiger partial charge in [0, 0.05) is 57.4 Å². The van der Waals surface area contributed by atoms with E-state index in [0.717, 1.165) is 56.9 Å². The minimum atomic E-state index is -0.236. The molecule has 6 nitrogen and oxygen atoms in total. The molecule has 0 aliphatic carbocycles. The topological polar surface area (TPSA) is 48.9 Å². The molecule has 1 aromatic heterocycles. The van der Waals surface area contributed by atoms with E-state index in [9.17, 15) is 9.18 Å². The van der Waals surface area contributed by atoms with Crippen LogP contribution in [0.1, 0.15) is 5.56 Å². The van der Waals surface area contributed by atoms with Gasteiger partial charge in [0.1, 0.15) is 5.82 Å². The van der Waals surface area contributed by atoms with Crippen molar-refractivity contribution < 1.29 is 13.9 Å². The Morgan fingerprint density at radius 3 is 2.59 bits per heavy atom. The van der Waals surface area contributed by atoms with Gasteiger partial charge in [0.2, 0.25) is 5.91 Å². The second-order valence-corrected chi connectivity index (χ2v) is 7.15. The van der Waals surface area contributed by atoms with E-state index in [4.69, 9.17) is 4.74 Å². The Morgan fingerprint density at radius 1 is 1.04 bits per heavy atom. The first-order valence-corrected chi connectivity index (χ1v) is 9.53. The van der Waals surface area contributed by atoms with Crippen molar-refractivity contribution in [2.45, 2.75) is 6.54 Å². The van der Waals surface area contributed by atoms with Gasteiger partial charge in [0.05, 0.1) is 25.3 Å². The minimum Gasteiger partial charge on any atom is -0.379 e. The first-order chi connectivity index (χ1) is 13.2. The van der Waals surface area contributed by atoms with Crippen LogP contribution in [-0.4, -0.2) is 84.6 Å². The largest absolute Gasteiger partial charge is 0.379 e.